The molecule has 7 nitrogen and oxygen atoms in total. The van der Waals surface area contributed by atoms with Crippen LogP contribution in [0.3, 0.4) is 0 Å². The fourth-order valence-corrected chi connectivity index (χ4v) is 2.76. The molecule has 0 saturated carbocycles. The normalized spacial score (nSPS) is 11.4. The van der Waals surface area contributed by atoms with E-state index >= 15 is 0 Å². The van der Waals surface area contributed by atoms with Gasteiger partial charge in [-0.25, -0.2) is 4.79 Å². The van der Waals surface area contributed by atoms with Gasteiger partial charge in [-0.15, -0.1) is 29.6 Å². The van der Waals surface area contributed by atoms with E-state index in [1.165, 1.54) is 23.5 Å². The predicted molar refractivity (Wildman–Crippen MR) is 90.4 cm³/mol. The van der Waals surface area contributed by atoms with Crippen molar-refractivity contribution in [3.63, 3.8) is 0 Å². The monoisotopic (exact) mass is 399 g/mol. The van der Waals surface area contributed by atoms with Gasteiger partial charge in [0, 0.05) is 12.1 Å². The molecule has 1 aromatic carbocycles. The standard InChI is InChI=1S/C16H12F3N3O4S/c17-16(18,19)26-11-5-3-10(4-6-11)20-13(23)7-8-22-15(24)25-14(21-22)12-2-1-9-27-12/h1-6,9H,7-8H2,(H,20,23). The number of rotatable bonds is 6. The van der Waals surface area contributed by atoms with E-state index in [9.17, 15) is 22.8 Å². The van der Waals surface area contributed by atoms with Crippen molar-refractivity contribution in [3.05, 3.63) is 52.3 Å². The molecule has 142 valence electrons. The second kappa shape index (κ2) is 7.66. The maximum absolute atomic E-state index is 12.1. The molecule has 0 atom stereocenters. The third-order valence-corrected chi connectivity index (χ3v) is 4.12. The van der Waals surface area contributed by atoms with Gasteiger partial charge in [-0.3, -0.25) is 4.79 Å². The van der Waals surface area contributed by atoms with E-state index in [1.54, 1.807) is 12.1 Å². The van der Waals surface area contributed by atoms with Gasteiger partial charge in [0.05, 0.1) is 11.4 Å². The van der Waals surface area contributed by atoms with Crippen LogP contribution in [0.15, 0.2) is 51.0 Å². The number of aryl methyl sites for hydroxylation is 1. The number of aromatic nitrogens is 2. The van der Waals surface area contributed by atoms with Crippen molar-refractivity contribution in [2.75, 3.05) is 5.32 Å². The highest BCUT2D eigenvalue weighted by Crippen LogP contribution is 2.24. The first-order valence-electron chi connectivity index (χ1n) is 7.58. The van der Waals surface area contributed by atoms with Crippen molar-refractivity contribution in [2.45, 2.75) is 19.3 Å². The van der Waals surface area contributed by atoms with Gasteiger partial charge in [0.2, 0.25) is 5.91 Å². The van der Waals surface area contributed by atoms with E-state index in [0.29, 0.717) is 10.6 Å². The highest BCUT2D eigenvalue weighted by atomic mass is 32.1. The molecule has 2 heterocycles. The summed E-state index contributed by atoms with van der Waals surface area (Å²) in [6.45, 7) is -0.00515. The van der Waals surface area contributed by atoms with Gasteiger partial charge >= 0.3 is 12.1 Å². The van der Waals surface area contributed by atoms with Crippen LogP contribution in [0.4, 0.5) is 18.9 Å². The maximum Gasteiger partial charge on any atom is 0.573 e. The minimum absolute atomic E-state index is 0.00515. The van der Waals surface area contributed by atoms with Crippen LogP contribution >= 0.6 is 11.3 Å². The lowest BCUT2D eigenvalue weighted by Crippen LogP contribution is -2.21. The van der Waals surface area contributed by atoms with Crippen LogP contribution in [0.25, 0.3) is 10.8 Å². The molecule has 0 fully saturated rings. The van der Waals surface area contributed by atoms with E-state index in [0.717, 1.165) is 16.8 Å². The summed E-state index contributed by atoms with van der Waals surface area (Å²) in [7, 11) is 0. The molecule has 0 spiro atoms. The highest BCUT2D eigenvalue weighted by Gasteiger charge is 2.30. The second-order valence-corrected chi connectivity index (χ2v) is 6.19. The van der Waals surface area contributed by atoms with E-state index < -0.39 is 23.8 Å². The van der Waals surface area contributed by atoms with Crippen molar-refractivity contribution in [1.29, 1.82) is 0 Å². The molecule has 3 rings (SSSR count). The molecule has 1 N–H and O–H groups in total. The first-order valence-corrected chi connectivity index (χ1v) is 8.45. The highest BCUT2D eigenvalue weighted by molar-refractivity contribution is 7.13. The lowest BCUT2D eigenvalue weighted by Gasteiger charge is -2.09. The van der Waals surface area contributed by atoms with Gasteiger partial charge in [-0.2, -0.15) is 4.68 Å². The Labute approximate surface area is 154 Å². The van der Waals surface area contributed by atoms with Crippen LogP contribution in [-0.4, -0.2) is 22.1 Å². The molecule has 0 aliphatic rings. The molecule has 0 bridgehead atoms. The van der Waals surface area contributed by atoms with Crippen LogP contribution in [0.2, 0.25) is 0 Å². The SMILES string of the molecule is O=C(CCn1nc(-c2cccs2)oc1=O)Nc1ccc(OC(F)(F)F)cc1. The summed E-state index contributed by atoms with van der Waals surface area (Å²) < 4.78 is 46.1. The number of anilines is 1. The molecule has 0 aliphatic carbocycles. The number of carbonyl (C=O) groups excluding carboxylic acids is 1. The quantitative estimate of drug-likeness (QED) is 0.686. The van der Waals surface area contributed by atoms with Crippen molar-refractivity contribution < 1.29 is 27.1 Å². The smallest absolute Gasteiger partial charge is 0.406 e. The van der Waals surface area contributed by atoms with Crippen LogP contribution in [0, 0.1) is 0 Å². The van der Waals surface area contributed by atoms with Crippen LogP contribution in [-0.2, 0) is 11.3 Å². The molecule has 2 aromatic heterocycles. The molecule has 3 aromatic rings. The zero-order valence-corrected chi connectivity index (χ0v) is 14.3. The number of nitrogens with one attached hydrogen (secondary N) is 1. The van der Waals surface area contributed by atoms with Crippen LogP contribution in [0.5, 0.6) is 5.75 Å². The van der Waals surface area contributed by atoms with Crippen molar-refractivity contribution in [3.8, 4) is 16.5 Å². The Bertz CT molecular complexity index is 962. The minimum atomic E-state index is -4.78. The van der Waals surface area contributed by atoms with Crippen molar-refractivity contribution in [1.82, 2.24) is 9.78 Å². The predicted octanol–water partition coefficient (Wildman–Crippen LogP) is 3.49. The Balaban J connectivity index is 1.55. The number of thiophene rings is 1. The Morgan fingerprint density at radius 1 is 1.26 bits per heavy atom. The third-order valence-electron chi connectivity index (χ3n) is 3.26. The van der Waals surface area contributed by atoms with Gasteiger partial charge in [0.25, 0.3) is 5.89 Å². The van der Waals surface area contributed by atoms with E-state index in [4.69, 9.17) is 4.42 Å². The Morgan fingerprint density at radius 2 is 2.00 bits per heavy atom. The molecule has 0 saturated heterocycles. The number of amides is 1. The average molecular weight is 399 g/mol. The summed E-state index contributed by atoms with van der Waals surface area (Å²) >= 11 is 1.36. The Hall–Kier alpha value is -3.08. The van der Waals surface area contributed by atoms with Gasteiger partial charge in [0.1, 0.15) is 5.75 Å². The van der Waals surface area contributed by atoms with Gasteiger partial charge in [-0.05, 0) is 35.7 Å². The van der Waals surface area contributed by atoms with E-state index in [-0.39, 0.29) is 18.9 Å². The minimum Gasteiger partial charge on any atom is -0.406 e. The van der Waals surface area contributed by atoms with E-state index in [2.05, 4.69) is 15.2 Å². The fraction of sp³-hybridized carbons (Fsp3) is 0.188. The van der Waals surface area contributed by atoms with Crippen LogP contribution in [0.1, 0.15) is 6.42 Å². The average Bonchev–Trinajstić information content (AvgIpc) is 3.23. The van der Waals surface area contributed by atoms with Gasteiger partial charge in [-0.1, -0.05) is 6.07 Å². The summed E-state index contributed by atoms with van der Waals surface area (Å²) in [6, 6.07) is 8.25. The number of hydrogen-bond donors (Lipinski definition) is 1. The first-order chi connectivity index (χ1) is 12.8. The number of halogens is 3. The summed E-state index contributed by atoms with van der Waals surface area (Å²) in [5.74, 6) is -1.33. The van der Waals surface area contributed by atoms with Gasteiger partial charge in [0.15, 0.2) is 0 Å². The molecule has 11 heteroatoms. The fourth-order valence-electron chi connectivity index (χ4n) is 2.12. The molecule has 1 amide bonds. The number of hydrogen-bond acceptors (Lipinski definition) is 6. The largest absolute Gasteiger partial charge is 0.573 e. The summed E-state index contributed by atoms with van der Waals surface area (Å²) in [5, 5.41) is 8.34. The molecule has 27 heavy (non-hydrogen) atoms. The van der Waals surface area contributed by atoms with Crippen molar-refractivity contribution >= 4 is 22.9 Å². The number of ether oxygens (including phenoxy) is 1. The zero-order valence-electron chi connectivity index (χ0n) is 13.5. The molecular weight excluding hydrogens is 387 g/mol. The lowest BCUT2D eigenvalue weighted by atomic mass is 10.3. The molecule has 0 radical (unpaired) electrons. The van der Waals surface area contributed by atoms with Crippen molar-refractivity contribution in [2.24, 2.45) is 0 Å². The molecule has 0 unspecified atom stereocenters. The summed E-state index contributed by atoms with van der Waals surface area (Å²) in [5.41, 5.74) is 0.293. The molecule has 0 aliphatic heterocycles. The first kappa shape index (κ1) is 18.7. The number of carbonyl (C=O) groups is 1. The summed E-state index contributed by atoms with van der Waals surface area (Å²) in [6.07, 6.45) is -4.85. The number of benzene rings is 1. The number of nitrogens with zero attached hydrogens (tertiary/aromatic N) is 2. The maximum atomic E-state index is 12.1. The zero-order chi connectivity index (χ0) is 19.4. The third kappa shape index (κ3) is 5.20. The topological polar surface area (TPSA) is 86.4 Å². The summed E-state index contributed by atoms with van der Waals surface area (Å²) in [4.78, 5) is 24.4. The second-order valence-electron chi connectivity index (χ2n) is 5.24. The van der Waals surface area contributed by atoms with Crippen LogP contribution < -0.4 is 15.8 Å². The lowest BCUT2D eigenvalue weighted by molar-refractivity contribution is -0.274. The Kier molecular flexibility index (Phi) is 5.31. The van der Waals surface area contributed by atoms with Gasteiger partial charge < -0.3 is 14.5 Å². The number of alkyl halides is 3. The van der Waals surface area contributed by atoms with E-state index in [1.807, 2.05) is 5.38 Å². The Morgan fingerprint density at radius 3 is 2.63 bits per heavy atom. The molecular formula is C16H12F3N3O4S.